The predicted octanol–water partition coefficient (Wildman–Crippen LogP) is 4.07. The standard InChI is InChI=1S/C29H45N3O3/c1-23-26(10-6-12-28(23)34-20-8-15-31(5)19-18-30(3)4)27-11-7-13-29(24(27)2)35-21-9-16-32-17-14-25(33)22-32/h6-7,10-13,25,33H,8-9,14-22H2,1-5H3/t25-/m1/s1. The topological polar surface area (TPSA) is 48.4 Å². The number of aliphatic hydroxyl groups is 1. The summed E-state index contributed by atoms with van der Waals surface area (Å²) >= 11 is 0. The molecule has 1 N–H and O–H groups in total. The molecule has 0 unspecified atom stereocenters. The van der Waals surface area contributed by atoms with Crippen molar-refractivity contribution in [1.82, 2.24) is 14.7 Å². The van der Waals surface area contributed by atoms with Crippen LogP contribution in [0.5, 0.6) is 11.5 Å². The zero-order chi connectivity index (χ0) is 25.2. The maximum absolute atomic E-state index is 9.68. The first-order valence-corrected chi connectivity index (χ1v) is 13.0. The van der Waals surface area contributed by atoms with Gasteiger partial charge in [0.15, 0.2) is 0 Å². The van der Waals surface area contributed by atoms with Gasteiger partial charge in [0.25, 0.3) is 0 Å². The number of hydrogen-bond donors (Lipinski definition) is 1. The van der Waals surface area contributed by atoms with E-state index in [0.29, 0.717) is 13.2 Å². The van der Waals surface area contributed by atoms with Crippen LogP contribution in [-0.4, -0.2) is 99.5 Å². The molecule has 1 aliphatic heterocycles. The average Bonchev–Trinajstić information content (AvgIpc) is 3.25. The lowest BCUT2D eigenvalue weighted by molar-refractivity contribution is 0.173. The van der Waals surface area contributed by atoms with Crippen molar-refractivity contribution >= 4 is 0 Å². The van der Waals surface area contributed by atoms with E-state index in [1.54, 1.807) is 0 Å². The summed E-state index contributed by atoms with van der Waals surface area (Å²) in [5.74, 6) is 1.90. The number of aliphatic hydroxyl groups excluding tert-OH is 1. The third kappa shape index (κ3) is 8.50. The van der Waals surface area contributed by atoms with Crippen LogP contribution in [0.25, 0.3) is 11.1 Å². The van der Waals surface area contributed by atoms with Crippen molar-refractivity contribution in [3.05, 3.63) is 47.5 Å². The molecular weight excluding hydrogens is 438 g/mol. The Balaban J connectivity index is 1.54. The molecule has 1 fully saturated rings. The van der Waals surface area contributed by atoms with Crippen molar-refractivity contribution in [3.63, 3.8) is 0 Å². The molecule has 2 aromatic carbocycles. The zero-order valence-electron chi connectivity index (χ0n) is 22.4. The van der Waals surface area contributed by atoms with E-state index in [9.17, 15) is 5.11 Å². The number of likely N-dealkylation sites (N-methyl/N-ethyl adjacent to an activating group) is 2. The van der Waals surface area contributed by atoms with E-state index in [-0.39, 0.29) is 6.10 Å². The Morgan fingerprint density at radius 2 is 1.46 bits per heavy atom. The molecule has 0 aromatic heterocycles. The van der Waals surface area contributed by atoms with Gasteiger partial charge in [-0.15, -0.1) is 0 Å². The highest BCUT2D eigenvalue weighted by molar-refractivity contribution is 5.74. The van der Waals surface area contributed by atoms with Crippen LogP contribution in [0.4, 0.5) is 0 Å². The Labute approximate surface area is 212 Å². The fourth-order valence-corrected chi connectivity index (χ4v) is 4.61. The summed E-state index contributed by atoms with van der Waals surface area (Å²) in [7, 11) is 6.39. The number of β-amino-alcohol motifs (C(OH)–C–C–N with tert-alkyl or cyclic N) is 1. The second kappa shape index (κ2) is 13.8. The van der Waals surface area contributed by atoms with E-state index in [1.165, 1.54) is 16.7 Å². The van der Waals surface area contributed by atoms with Crippen LogP contribution in [0.3, 0.4) is 0 Å². The largest absolute Gasteiger partial charge is 0.493 e. The molecule has 6 heteroatoms. The number of rotatable bonds is 14. The normalized spacial score (nSPS) is 16.4. The Kier molecular flexibility index (Phi) is 10.9. The number of ether oxygens (including phenoxy) is 2. The molecule has 2 aromatic rings. The first-order chi connectivity index (χ1) is 16.8. The van der Waals surface area contributed by atoms with Crippen LogP contribution >= 0.6 is 0 Å². The molecule has 0 bridgehead atoms. The molecule has 1 saturated heterocycles. The number of nitrogens with zero attached hydrogens (tertiary/aromatic N) is 3. The average molecular weight is 484 g/mol. The highest BCUT2D eigenvalue weighted by Crippen LogP contribution is 2.35. The first kappa shape index (κ1) is 27.5. The fraction of sp³-hybridized carbons (Fsp3) is 0.586. The van der Waals surface area contributed by atoms with Crippen molar-refractivity contribution in [3.8, 4) is 22.6 Å². The van der Waals surface area contributed by atoms with Gasteiger partial charge in [0.2, 0.25) is 0 Å². The molecule has 194 valence electrons. The third-order valence-electron chi connectivity index (χ3n) is 6.85. The van der Waals surface area contributed by atoms with E-state index < -0.39 is 0 Å². The molecule has 0 radical (unpaired) electrons. The summed E-state index contributed by atoms with van der Waals surface area (Å²) in [4.78, 5) is 6.88. The van der Waals surface area contributed by atoms with Crippen LogP contribution in [0.2, 0.25) is 0 Å². The second-order valence-corrected chi connectivity index (χ2v) is 10.1. The monoisotopic (exact) mass is 483 g/mol. The Bertz CT molecular complexity index is 918. The highest BCUT2D eigenvalue weighted by atomic mass is 16.5. The van der Waals surface area contributed by atoms with E-state index in [2.05, 4.69) is 86.1 Å². The zero-order valence-corrected chi connectivity index (χ0v) is 22.4. The minimum absolute atomic E-state index is 0.160. The van der Waals surface area contributed by atoms with Gasteiger partial charge in [-0.05, 0) is 88.6 Å². The molecule has 0 saturated carbocycles. The molecule has 0 spiro atoms. The quantitative estimate of drug-likeness (QED) is 0.409. The van der Waals surface area contributed by atoms with Crippen LogP contribution in [0, 0.1) is 13.8 Å². The van der Waals surface area contributed by atoms with Gasteiger partial charge in [-0.2, -0.15) is 0 Å². The predicted molar refractivity (Wildman–Crippen MR) is 145 cm³/mol. The van der Waals surface area contributed by atoms with E-state index in [1.807, 2.05) is 0 Å². The van der Waals surface area contributed by atoms with Crippen molar-refractivity contribution in [2.75, 3.05) is 73.6 Å². The third-order valence-corrected chi connectivity index (χ3v) is 6.85. The molecule has 1 aliphatic rings. The summed E-state index contributed by atoms with van der Waals surface area (Å²) in [5.41, 5.74) is 4.71. The van der Waals surface area contributed by atoms with Crippen LogP contribution in [-0.2, 0) is 0 Å². The van der Waals surface area contributed by atoms with Crippen molar-refractivity contribution in [2.24, 2.45) is 0 Å². The van der Waals surface area contributed by atoms with Crippen molar-refractivity contribution in [1.29, 1.82) is 0 Å². The van der Waals surface area contributed by atoms with Gasteiger partial charge < -0.3 is 29.3 Å². The van der Waals surface area contributed by atoms with Gasteiger partial charge >= 0.3 is 0 Å². The maximum Gasteiger partial charge on any atom is 0.122 e. The summed E-state index contributed by atoms with van der Waals surface area (Å²) in [5, 5.41) is 9.68. The van der Waals surface area contributed by atoms with Crippen LogP contribution in [0.15, 0.2) is 36.4 Å². The number of likely N-dealkylation sites (tertiary alicyclic amines) is 1. The highest BCUT2D eigenvalue weighted by Gasteiger charge is 2.19. The molecule has 0 aliphatic carbocycles. The molecular formula is C29H45N3O3. The SMILES string of the molecule is Cc1c(OCCCN(C)CCN(C)C)cccc1-c1cccc(OCCCN2CC[C@@H](O)C2)c1C. The lowest BCUT2D eigenvalue weighted by Gasteiger charge is -2.20. The Hall–Kier alpha value is -2.12. The molecule has 1 heterocycles. The van der Waals surface area contributed by atoms with Crippen molar-refractivity contribution < 1.29 is 14.6 Å². The van der Waals surface area contributed by atoms with Gasteiger partial charge in [-0.1, -0.05) is 24.3 Å². The number of hydrogen-bond acceptors (Lipinski definition) is 6. The molecule has 1 atom stereocenters. The maximum atomic E-state index is 9.68. The Morgan fingerprint density at radius 3 is 2.00 bits per heavy atom. The summed E-state index contributed by atoms with van der Waals surface area (Å²) < 4.78 is 12.4. The van der Waals surface area contributed by atoms with Gasteiger partial charge in [0.1, 0.15) is 11.5 Å². The van der Waals surface area contributed by atoms with Gasteiger partial charge in [0.05, 0.1) is 19.3 Å². The lowest BCUT2D eigenvalue weighted by Crippen LogP contribution is -2.30. The second-order valence-electron chi connectivity index (χ2n) is 10.1. The minimum atomic E-state index is -0.160. The van der Waals surface area contributed by atoms with Crippen LogP contribution in [0.1, 0.15) is 30.4 Å². The van der Waals surface area contributed by atoms with Gasteiger partial charge in [0, 0.05) is 39.3 Å². The van der Waals surface area contributed by atoms with E-state index in [4.69, 9.17) is 9.47 Å². The molecule has 35 heavy (non-hydrogen) atoms. The minimum Gasteiger partial charge on any atom is -0.493 e. The fourth-order valence-electron chi connectivity index (χ4n) is 4.61. The summed E-state index contributed by atoms with van der Waals surface area (Å²) in [6, 6.07) is 12.6. The van der Waals surface area contributed by atoms with Crippen molar-refractivity contribution in [2.45, 2.75) is 39.2 Å². The van der Waals surface area contributed by atoms with Gasteiger partial charge in [-0.25, -0.2) is 0 Å². The lowest BCUT2D eigenvalue weighted by atomic mass is 9.95. The van der Waals surface area contributed by atoms with E-state index >= 15 is 0 Å². The smallest absolute Gasteiger partial charge is 0.122 e. The summed E-state index contributed by atoms with van der Waals surface area (Å²) in [6.45, 7) is 11.6. The molecule has 3 rings (SSSR count). The molecule has 0 amide bonds. The summed E-state index contributed by atoms with van der Waals surface area (Å²) in [6.07, 6.45) is 2.69. The van der Waals surface area contributed by atoms with Crippen LogP contribution < -0.4 is 9.47 Å². The van der Waals surface area contributed by atoms with Gasteiger partial charge in [-0.3, -0.25) is 0 Å². The number of benzene rings is 2. The Morgan fingerprint density at radius 1 is 0.857 bits per heavy atom. The van der Waals surface area contributed by atoms with E-state index in [0.717, 1.165) is 75.6 Å². The molecule has 6 nitrogen and oxygen atoms in total. The first-order valence-electron chi connectivity index (χ1n) is 13.0.